The quantitative estimate of drug-likeness (QED) is 0.421. The van der Waals surface area contributed by atoms with Crippen LogP contribution in [0, 0.1) is 16.9 Å². The lowest BCUT2D eigenvalue weighted by molar-refractivity contribution is -0.114. The minimum Gasteiger partial charge on any atom is -0.505 e. The Kier molecular flexibility index (Phi) is 5.44. The second kappa shape index (κ2) is 7.13. The van der Waals surface area contributed by atoms with Gasteiger partial charge in [0.1, 0.15) is 17.2 Å². The second-order valence-corrected chi connectivity index (χ2v) is 13.3. The summed E-state index contributed by atoms with van der Waals surface area (Å²) >= 11 is 0. The van der Waals surface area contributed by atoms with E-state index in [2.05, 4.69) is 73.7 Å². The number of Topliss-reactive ketones (excluding diaryl/α,β-unsaturated/α-hetero) is 1. The normalized spacial score (nSPS) is 18.0. The summed E-state index contributed by atoms with van der Waals surface area (Å²) in [6, 6.07) is 2.47. The molecule has 0 saturated heterocycles. The highest BCUT2D eigenvalue weighted by Crippen LogP contribution is 2.54. The summed E-state index contributed by atoms with van der Waals surface area (Å²) in [5.74, 6) is 1.23. The molecule has 1 radical (unpaired) electrons. The van der Waals surface area contributed by atoms with Crippen molar-refractivity contribution in [2.75, 3.05) is 5.32 Å². The Labute approximate surface area is 194 Å². The summed E-state index contributed by atoms with van der Waals surface area (Å²) in [5, 5.41) is 14.6. The van der Waals surface area contributed by atoms with E-state index in [1.165, 1.54) is 0 Å². The maximum Gasteiger partial charge on any atom is 0.198 e. The molecular weight excluding hydrogens is 398 g/mol. The van der Waals surface area contributed by atoms with Gasteiger partial charge in [0.2, 0.25) is 0 Å². The largest absolute Gasteiger partial charge is 0.505 e. The van der Waals surface area contributed by atoms with Gasteiger partial charge in [0, 0.05) is 16.7 Å². The molecule has 1 aromatic rings. The highest BCUT2D eigenvalue weighted by atomic mass is 16.5. The maximum absolute atomic E-state index is 13.6. The summed E-state index contributed by atoms with van der Waals surface area (Å²) < 4.78 is 6.57. The minimum atomic E-state index is -0.320. The van der Waals surface area contributed by atoms with Crippen LogP contribution in [0.15, 0.2) is 29.0 Å². The van der Waals surface area contributed by atoms with Gasteiger partial charge >= 0.3 is 0 Å². The molecule has 32 heavy (non-hydrogen) atoms. The lowest BCUT2D eigenvalue weighted by atomic mass is 9.72. The number of phenolic OH excluding ortho intramolecular Hbond substituents is 1. The van der Waals surface area contributed by atoms with Crippen LogP contribution >= 0.6 is 0 Å². The predicted octanol–water partition coefficient (Wildman–Crippen LogP) is 7.18. The molecule has 0 saturated carbocycles. The van der Waals surface area contributed by atoms with E-state index in [0.29, 0.717) is 23.2 Å². The van der Waals surface area contributed by atoms with E-state index >= 15 is 0 Å². The Bertz CT molecular complexity index is 1030. The lowest BCUT2D eigenvalue weighted by Gasteiger charge is -2.40. The highest BCUT2D eigenvalue weighted by Gasteiger charge is 2.46. The fourth-order valence-electron chi connectivity index (χ4n) is 4.21. The number of anilines is 1. The third-order valence-electron chi connectivity index (χ3n) is 6.17. The number of ether oxygens (including phenoxy) is 1. The maximum atomic E-state index is 13.6. The van der Waals surface area contributed by atoms with Crippen molar-refractivity contribution in [3.8, 4) is 11.5 Å². The van der Waals surface area contributed by atoms with Crippen LogP contribution in [-0.2, 0) is 15.6 Å². The summed E-state index contributed by atoms with van der Waals surface area (Å²) in [6.07, 6.45) is 2.01. The molecule has 0 aromatic heterocycles. The molecule has 2 aliphatic rings. The summed E-state index contributed by atoms with van der Waals surface area (Å²) in [4.78, 5) is 13.6. The monoisotopic (exact) mass is 438 g/mol. The number of nitrogens with one attached hydrogen (secondary N) is 1. The molecule has 0 amide bonds. The number of hydrogen-bond donors (Lipinski definition) is 2. The Balaban J connectivity index is 2.36. The summed E-state index contributed by atoms with van der Waals surface area (Å²) in [6.45, 7) is 25.2. The fraction of sp³-hybridized carbons (Fsp3) is 0.571. The molecule has 0 spiro atoms. The topological polar surface area (TPSA) is 58.6 Å². The summed E-state index contributed by atoms with van der Waals surface area (Å²) in [7, 11) is 0. The first-order valence-corrected chi connectivity index (χ1v) is 11.5. The zero-order valence-electron chi connectivity index (χ0n) is 21.9. The Morgan fingerprint density at radius 1 is 0.781 bits per heavy atom. The number of phenols is 1. The summed E-state index contributed by atoms with van der Waals surface area (Å²) in [5.41, 5.74) is 2.99. The minimum absolute atomic E-state index is 0.0796. The number of carbonyl (C=O) groups is 1. The number of benzene rings is 1. The molecule has 0 unspecified atom stereocenters. The van der Waals surface area contributed by atoms with Gasteiger partial charge in [-0.15, -0.1) is 0 Å². The van der Waals surface area contributed by atoms with Crippen molar-refractivity contribution in [2.45, 2.75) is 93.9 Å². The standard InChI is InChI=1S/C28H40NO3/c1-25(2,3)15-13-17(27(7,8)9)23-19(21(15)30)29-20-22(31)16(26(4,5)6)14-18(24(20)32-23)28(10,11)12/h13-14,29-30H,1-12H3. The van der Waals surface area contributed by atoms with Gasteiger partial charge in [-0.2, -0.15) is 0 Å². The molecule has 4 nitrogen and oxygen atoms in total. The van der Waals surface area contributed by atoms with Crippen molar-refractivity contribution >= 4 is 11.5 Å². The van der Waals surface area contributed by atoms with Gasteiger partial charge in [0.05, 0.1) is 0 Å². The molecule has 2 N–H and O–H groups in total. The number of carbonyl (C=O) groups excluding carboxylic acids is 1. The van der Waals surface area contributed by atoms with Gasteiger partial charge in [-0.3, -0.25) is 4.79 Å². The van der Waals surface area contributed by atoms with Gasteiger partial charge in [0.25, 0.3) is 0 Å². The third kappa shape index (κ3) is 4.09. The van der Waals surface area contributed by atoms with Crippen molar-refractivity contribution < 1.29 is 14.6 Å². The number of rotatable bonds is 0. The van der Waals surface area contributed by atoms with Crippen LogP contribution in [0.25, 0.3) is 0 Å². The molecule has 1 aromatic carbocycles. The van der Waals surface area contributed by atoms with Gasteiger partial charge in [0.15, 0.2) is 17.6 Å². The van der Waals surface area contributed by atoms with Crippen molar-refractivity contribution in [2.24, 2.45) is 10.8 Å². The average molecular weight is 439 g/mol. The molecule has 1 aliphatic heterocycles. The van der Waals surface area contributed by atoms with E-state index < -0.39 is 0 Å². The molecule has 0 atom stereocenters. The first-order chi connectivity index (χ1) is 14.2. The smallest absolute Gasteiger partial charge is 0.198 e. The first-order valence-electron chi connectivity index (χ1n) is 11.5. The Morgan fingerprint density at radius 3 is 1.75 bits per heavy atom. The zero-order valence-corrected chi connectivity index (χ0v) is 21.9. The Morgan fingerprint density at radius 2 is 1.31 bits per heavy atom. The number of hydrogen-bond acceptors (Lipinski definition) is 4. The number of aromatic hydroxyl groups is 1. The zero-order chi connectivity index (χ0) is 24.6. The van der Waals surface area contributed by atoms with E-state index in [0.717, 1.165) is 22.3 Å². The van der Waals surface area contributed by atoms with Crippen LogP contribution in [0.1, 0.15) is 94.2 Å². The van der Waals surface area contributed by atoms with E-state index in [1.807, 2.05) is 26.8 Å². The van der Waals surface area contributed by atoms with Crippen LogP contribution in [0.2, 0.25) is 0 Å². The molecule has 3 rings (SSSR count). The number of fused-ring (bicyclic) bond motifs is 2. The molecule has 0 bridgehead atoms. The molecule has 175 valence electrons. The number of allylic oxidation sites excluding steroid dienone is 2. The molecule has 1 heterocycles. The molecule has 4 heteroatoms. The van der Waals surface area contributed by atoms with E-state index in [-0.39, 0.29) is 33.2 Å². The van der Waals surface area contributed by atoms with E-state index in [4.69, 9.17) is 4.74 Å². The predicted molar refractivity (Wildman–Crippen MR) is 132 cm³/mol. The molecular formula is C28H40NO3. The van der Waals surface area contributed by atoms with Gasteiger partial charge in [-0.05, 0) is 39.4 Å². The van der Waals surface area contributed by atoms with Crippen LogP contribution in [0.5, 0.6) is 11.5 Å². The van der Waals surface area contributed by atoms with Crippen LogP contribution in [0.3, 0.4) is 0 Å². The van der Waals surface area contributed by atoms with Gasteiger partial charge in [-0.1, -0.05) is 83.1 Å². The van der Waals surface area contributed by atoms with Crippen LogP contribution in [0.4, 0.5) is 5.69 Å². The number of ketones is 1. The average Bonchev–Trinajstić information content (AvgIpc) is 2.56. The van der Waals surface area contributed by atoms with Crippen molar-refractivity contribution in [3.05, 3.63) is 46.2 Å². The highest BCUT2D eigenvalue weighted by molar-refractivity contribution is 6.13. The van der Waals surface area contributed by atoms with Crippen LogP contribution in [-0.4, -0.2) is 10.9 Å². The van der Waals surface area contributed by atoms with Gasteiger partial charge < -0.3 is 15.2 Å². The van der Waals surface area contributed by atoms with E-state index in [9.17, 15) is 9.90 Å². The first kappa shape index (κ1) is 24.4. The van der Waals surface area contributed by atoms with Crippen molar-refractivity contribution in [1.29, 1.82) is 0 Å². The van der Waals surface area contributed by atoms with Crippen molar-refractivity contribution in [3.63, 3.8) is 0 Å². The van der Waals surface area contributed by atoms with Crippen LogP contribution < -0.4 is 10.1 Å². The lowest BCUT2D eigenvalue weighted by Crippen LogP contribution is -2.39. The fourth-order valence-corrected chi connectivity index (χ4v) is 4.21. The SMILES string of the molecule is CC(C)(C)C1=CC(C(C)(C)C)=C2Oc3c(C(C)(C)C)cc(C(C)(C)C)c(O)c3N[C]2C1=O. The Hall–Kier alpha value is -2.23. The van der Waals surface area contributed by atoms with E-state index in [1.54, 1.807) is 0 Å². The molecule has 1 aliphatic carbocycles. The molecule has 0 fully saturated rings. The third-order valence-corrected chi connectivity index (χ3v) is 6.17. The van der Waals surface area contributed by atoms with Gasteiger partial charge in [-0.25, -0.2) is 0 Å². The van der Waals surface area contributed by atoms with Crippen molar-refractivity contribution in [1.82, 2.24) is 0 Å². The second-order valence-electron chi connectivity index (χ2n) is 13.3.